The first-order valence-electron chi connectivity index (χ1n) is 13.3. The molecule has 200 valence electrons. The minimum absolute atomic E-state index is 0.222. The standard InChI is InChI=1S/C30H32ClN7S/c1-30(20-37-18-22(32-2)16-34-37)14-12-21(13-15-30)35-29-33-17-26(31)28(36-29)25-19-38(27-11-7-6-10-24(25)27)39-23-8-4-3-5-9-23/h3-11,16-19,21,32H,12-15,20H2,1-2H3,(H,33,35,36). The summed E-state index contributed by atoms with van der Waals surface area (Å²) in [6, 6.07) is 19.1. The highest BCUT2D eigenvalue weighted by molar-refractivity contribution is 7.98. The van der Waals surface area contributed by atoms with Gasteiger partial charge in [0, 0.05) is 47.9 Å². The summed E-state index contributed by atoms with van der Waals surface area (Å²) in [7, 11) is 1.92. The molecule has 6 rings (SSSR count). The van der Waals surface area contributed by atoms with Gasteiger partial charge in [-0.05, 0) is 61.2 Å². The Morgan fingerprint density at radius 1 is 1.03 bits per heavy atom. The molecule has 0 unspecified atom stereocenters. The lowest BCUT2D eigenvalue weighted by molar-refractivity contribution is 0.168. The zero-order valence-electron chi connectivity index (χ0n) is 22.1. The van der Waals surface area contributed by atoms with E-state index in [0.29, 0.717) is 17.0 Å². The first kappa shape index (κ1) is 25.8. The molecule has 0 spiro atoms. The topological polar surface area (TPSA) is 72.6 Å². The molecule has 0 bridgehead atoms. The minimum atomic E-state index is 0.222. The van der Waals surface area contributed by atoms with E-state index in [1.165, 1.54) is 4.90 Å². The average molecular weight is 558 g/mol. The molecule has 7 nitrogen and oxygen atoms in total. The fourth-order valence-corrected chi connectivity index (χ4v) is 6.52. The number of para-hydroxylation sites is 1. The highest BCUT2D eigenvalue weighted by Gasteiger charge is 2.32. The number of benzene rings is 2. The predicted molar refractivity (Wildman–Crippen MR) is 161 cm³/mol. The number of aromatic nitrogens is 5. The van der Waals surface area contributed by atoms with Crippen molar-refractivity contribution >= 4 is 46.1 Å². The number of nitrogens with one attached hydrogen (secondary N) is 2. The van der Waals surface area contributed by atoms with E-state index < -0.39 is 0 Å². The number of hydrogen-bond acceptors (Lipinski definition) is 6. The fraction of sp³-hybridized carbons (Fsp3) is 0.300. The number of anilines is 2. The van der Waals surface area contributed by atoms with Crippen molar-refractivity contribution in [3.63, 3.8) is 0 Å². The molecule has 9 heteroatoms. The molecule has 0 saturated heterocycles. The molecule has 0 aliphatic heterocycles. The maximum absolute atomic E-state index is 6.69. The van der Waals surface area contributed by atoms with Crippen molar-refractivity contribution in [1.29, 1.82) is 0 Å². The van der Waals surface area contributed by atoms with E-state index in [0.717, 1.165) is 60.1 Å². The van der Waals surface area contributed by atoms with Crippen molar-refractivity contribution in [2.24, 2.45) is 5.41 Å². The number of fused-ring (bicyclic) bond motifs is 1. The van der Waals surface area contributed by atoms with Crippen molar-refractivity contribution in [1.82, 2.24) is 23.7 Å². The summed E-state index contributed by atoms with van der Waals surface area (Å²) in [5.74, 6) is 0.626. The Balaban J connectivity index is 1.19. The van der Waals surface area contributed by atoms with E-state index >= 15 is 0 Å². The van der Waals surface area contributed by atoms with Crippen LogP contribution < -0.4 is 10.6 Å². The highest BCUT2D eigenvalue weighted by Crippen LogP contribution is 2.40. The third-order valence-electron chi connectivity index (χ3n) is 7.62. The van der Waals surface area contributed by atoms with E-state index in [9.17, 15) is 0 Å². The van der Waals surface area contributed by atoms with Crippen LogP contribution in [0.3, 0.4) is 0 Å². The zero-order chi connectivity index (χ0) is 26.8. The van der Waals surface area contributed by atoms with Crippen LogP contribution in [0.2, 0.25) is 5.02 Å². The summed E-state index contributed by atoms with van der Waals surface area (Å²) in [5, 5.41) is 12.9. The van der Waals surface area contributed by atoms with Gasteiger partial charge in [-0.1, -0.05) is 54.9 Å². The lowest BCUT2D eigenvalue weighted by atomic mass is 9.74. The largest absolute Gasteiger partial charge is 0.386 e. The van der Waals surface area contributed by atoms with E-state index in [1.807, 2.05) is 19.3 Å². The van der Waals surface area contributed by atoms with Crippen LogP contribution in [0.5, 0.6) is 0 Å². The van der Waals surface area contributed by atoms with E-state index in [1.54, 1.807) is 18.1 Å². The van der Waals surface area contributed by atoms with Crippen molar-refractivity contribution in [2.75, 3.05) is 17.7 Å². The van der Waals surface area contributed by atoms with Crippen LogP contribution in [0.25, 0.3) is 22.2 Å². The summed E-state index contributed by atoms with van der Waals surface area (Å²) < 4.78 is 4.24. The van der Waals surface area contributed by atoms with Crippen LogP contribution in [0.15, 0.2) is 84.3 Å². The monoisotopic (exact) mass is 557 g/mol. The number of halogens is 1. The molecule has 1 saturated carbocycles. The maximum Gasteiger partial charge on any atom is 0.223 e. The molecule has 2 aromatic carbocycles. The lowest BCUT2D eigenvalue weighted by Crippen LogP contribution is -2.34. The molecule has 1 aliphatic rings. The summed E-state index contributed by atoms with van der Waals surface area (Å²) in [5.41, 5.74) is 4.14. The molecular weight excluding hydrogens is 526 g/mol. The molecule has 5 aromatic rings. The number of hydrogen-bond donors (Lipinski definition) is 2. The predicted octanol–water partition coefficient (Wildman–Crippen LogP) is 7.61. The van der Waals surface area contributed by atoms with Crippen molar-refractivity contribution < 1.29 is 0 Å². The quantitative estimate of drug-likeness (QED) is 0.204. The van der Waals surface area contributed by atoms with Gasteiger partial charge in [0.2, 0.25) is 5.95 Å². The first-order valence-corrected chi connectivity index (χ1v) is 14.5. The van der Waals surface area contributed by atoms with Gasteiger partial charge in [0.05, 0.1) is 34.3 Å². The zero-order valence-corrected chi connectivity index (χ0v) is 23.7. The van der Waals surface area contributed by atoms with Crippen LogP contribution in [0.1, 0.15) is 32.6 Å². The Kier molecular flexibility index (Phi) is 7.23. The molecule has 0 radical (unpaired) electrons. The molecule has 0 amide bonds. The van der Waals surface area contributed by atoms with Crippen molar-refractivity contribution in [2.45, 2.75) is 50.1 Å². The second-order valence-electron chi connectivity index (χ2n) is 10.6. The fourth-order valence-electron chi connectivity index (χ4n) is 5.40. The molecular formula is C30H32ClN7S. The van der Waals surface area contributed by atoms with Crippen molar-refractivity contribution in [3.8, 4) is 11.3 Å². The summed E-state index contributed by atoms with van der Waals surface area (Å²) in [6.07, 6.45) is 12.1. The second kappa shape index (κ2) is 10.9. The van der Waals surface area contributed by atoms with Gasteiger partial charge in [-0.25, -0.2) is 9.97 Å². The Hall–Kier alpha value is -3.49. The summed E-state index contributed by atoms with van der Waals surface area (Å²) in [6.45, 7) is 3.29. The van der Waals surface area contributed by atoms with Gasteiger partial charge in [-0.3, -0.25) is 8.65 Å². The van der Waals surface area contributed by atoms with Crippen LogP contribution in [0.4, 0.5) is 11.6 Å². The maximum atomic E-state index is 6.69. The van der Waals surface area contributed by atoms with Crippen molar-refractivity contribution in [3.05, 3.63) is 84.4 Å². The lowest BCUT2D eigenvalue weighted by Gasteiger charge is -2.37. The second-order valence-corrected chi connectivity index (χ2v) is 12.0. The van der Waals surface area contributed by atoms with Gasteiger partial charge in [0.25, 0.3) is 0 Å². The van der Waals surface area contributed by atoms with Gasteiger partial charge in [-0.2, -0.15) is 5.10 Å². The first-order chi connectivity index (χ1) is 19.0. The molecule has 3 heterocycles. The Labute approximate surface area is 238 Å². The van der Waals surface area contributed by atoms with Gasteiger partial charge in [0.15, 0.2) is 0 Å². The van der Waals surface area contributed by atoms with Crippen LogP contribution >= 0.6 is 23.5 Å². The molecule has 1 aliphatic carbocycles. The normalized spacial score (nSPS) is 19.3. The van der Waals surface area contributed by atoms with E-state index in [4.69, 9.17) is 16.6 Å². The van der Waals surface area contributed by atoms with E-state index in [-0.39, 0.29) is 5.41 Å². The Morgan fingerprint density at radius 2 is 1.79 bits per heavy atom. The number of nitrogens with zero attached hydrogens (tertiary/aromatic N) is 5. The van der Waals surface area contributed by atoms with Crippen LogP contribution in [-0.2, 0) is 6.54 Å². The summed E-state index contributed by atoms with van der Waals surface area (Å²) in [4.78, 5) is 10.6. The molecule has 1 fully saturated rings. The van der Waals surface area contributed by atoms with Crippen LogP contribution in [-0.4, -0.2) is 36.8 Å². The van der Waals surface area contributed by atoms with Gasteiger partial charge >= 0.3 is 0 Å². The molecule has 39 heavy (non-hydrogen) atoms. The third kappa shape index (κ3) is 5.63. The highest BCUT2D eigenvalue weighted by atomic mass is 35.5. The van der Waals surface area contributed by atoms with Gasteiger partial charge in [0.1, 0.15) is 0 Å². The smallest absolute Gasteiger partial charge is 0.223 e. The minimum Gasteiger partial charge on any atom is -0.386 e. The molecule has 3 aromatic heterocycles. The Bertz CT molecular complexity index is 1570. The molecule has 0 atom stereocenters. The van der Waals surface area contributed by atoms with Crippen LogP contribution in [0, 0.1) is 5.41 Å². The molecule has 2 N–H and O–H groups in total. The SMILES string of the molecule is CNc1cnn(CC2(C)CCC(Nc3ncc(Cl)c(-c4cn(Sc5ccccc5)c5ccccc45)n3)CC2)c1. The van der Waals surface area contributed by atoms with Gasteiger partial charge in [-0.15, -0.1) is 0 Å². The Morgan fingerprint density at radius 3 is 2.56 bits per heavy atom. The average Bonchev–Trinajstić information content (AvgIpc) is 3.56. The number of rotatable bonds is 8. The third-order valence-corrected chi connectivity index (χ3v) is 8.87. The van der Waals surface area contributed by atoms with Gasteiger partial charge < -0.3 is 10.6 Å². The summed E-state index contributed by atoms with van der Waals surface area (Å²) >= 11 is 8.37. The van der Waals surface area contributed by atoms with E-state index in [2.05, 4.69) is 97.2 Å².